The molecule has 1 saturated heterocycles. The third-order valence-corrected chi connectivity index (χ3v) is 3.21. The van der Waals surface area contributed by atoms with Crippen molar-refractivity contribution >= 4 is 11.6 Å². The number of aromatic hydroxyl groups is 1. The Morgan fingerprint density at radius 3 is 2.86 bits per heavy atom. The Bertz CT molecular complexity index is 544. The van der Waals surface area contributed by atoms with Crippen molar-refractivity contribution in [2.24, 2.45) is 5.92 Å². The number of anilines is 1. The lowest BCUT2D eigenvalue weighted by atomic mass is 10.1. The summed E-state index contributed by atoms with van der Waals surface area (Å²) in [6.45, 7) is 4.46. The summed E-state index contributed by atoms with van der Waals surface area (Å²) in [6.07, 6.45) is 1.58. The van der Waals surface area contributed by atoms with Crippen LogP contribution in [0, 0.1) is 23.2 Å². The van der Waals surface area contributed by atoms with Gasteiger partial charge in [-0.2, -0.15) is 9.65 Å². The van der Waals surface area contributed by atoms with Crippen molar-refractivity contribution in [1.82, 2.24) is 9.88 Å². The number of nitrogens with one attached hydrogen (secondary N) is 1. The van der Waals surface area contributed by atoms with E-state index in [1.165, 1.54) is 6.07 Å². The molecule has 21 heavy (non-hydrogen) atoms. The minimum atomic E-state index is -1.03. The molecule has 114 valence electrons. The second-order valence-electron chi connectivity index (χ2n) is 4.50. The lowest BCUT2D eigenvalue weighted by Gasteiger charge is -2.12. The Morgan fingerprint density at radius 2 is 2.29 bits per heavy atom. The van der Waals surface area contributed by atoms with Gasteiger partial charge in [0.25, 0.3) is 5.95 Å². The molecule has 0 aromatic carbocycles. The lowest BCUT2D eigenvalue weighted by Crippen LogP contribution is -2.26. The molecule has 1 aromatic rings. The summed E-state index contributed by atoms with van der Waals surface area (Å²) in [4.78, 5) is 17.0. The third kappa shape index (κ3) is 3.89. The Balaban J connectivity index is 0.00000106. The molecule has 2 N–H and O–H groups in total. The SMILES string of the molecule is CC.CN1CC(C(=O)Nc2ccnc(F)c2O)CC1C#N. The number of aromatic nitrogens is 1. The fraction of sp³-hybridized carbons (Fsp3) is 0.500. The number of pyridine rings is 1. The molecule has 2 heterocycles. The van der Waals surface area contributed by atoms with E-state index < -0.39 is 11.7 Å². The van der Waals surface area contributed by atoms with E-state index in [1.54, 1.807) is 11.9 Å². The Labute approximate surface area is 123 Å². The first-order valence-corrected chi connectivity index (χ1v) is 6.77. The van der Waals surface area contributed by atoms with Crippen molar-refractivity contribution in [2.45, 2.75) is 26.3 Å². The molecule has 0 saturated carbocycles. The van der Waals surface area contributed by atoms with Crippen LogP contribution in [0.25, 0.3) is 0 Å². The van der Waals surface area contributed by atoms with Gasteiger partial charge in [-0.25, -0.2) is 4.98 Å². The highest BCUT2D eigenvalue weighted by molar-refractivity contribution is 5.94. The predicted molar refractivity (Wildman–Crippen MR) is 76.0 cm³/mol. The van der Waals surface area contributed by atoms with Gasteiger partial charge < -0.3 is 10.4 Å². The van der Waals surface area contributed by atoms with E-state index in [0.29, 0.717) is 13.0 Å². The Kier molecular flexibility index (Phi) is 6.06. The van der Waals surface area contributed by atoms with Crippen molar-refractivity contribution in [3.63, 3.8) is 0 Å². The minimum absolute atomic E-state index is 0.0134. The van der Waals surface area contributed by atoms with Gasteiger partial charge in [-0.15, -0.1) is 0 Å². The first kappa shape index (κ1) is 16.9. The molecule has 0 spiro atoms. The summed E-state index contributed by atoms with van der Waals surface area (Å²) in [5, 5.41) is 20.8. The number of hydrogen-bond donors (Lipinski definition) is 2. The zero-order valence-corrected chi connectivity index (χ0v) is 12.3. The molecule has 1 aromatic heterocycles. The monoisotopic (exact) mass is 294 g/mol. The minimum Gasteiger partial charge on any atom is -0.502 e. The fourth-order valence-corrected chi connectivity index (χ4v) is 2.10. The van der Waals surface area contributed by atoms with Crippen LogP contribution >= 0.6 is 0 Å². The average molecular weight is 294 g/mol. The van der Waals surface area contributed by atoms with E-state index in [0.717, 1.165) is 6.20 Å². The number of carbonyl (C=O) groups excluding carboxylic acids is 1. The molecule has 6 nitrogen and oxygen atoms in total. The van der Waals surface area contributed by atoms with Crippen LogP contribution in [-0.2, 0) is 4.79 Å². The van der Waals surface area contributed by atoms with Crippen molar-refractivity contribution in [3.8, 4) is 11.8 Å². The Morgan fingerprint density at radius 1 is 1.62 bits per heavy atom. The highest BCUT2D eigenvalue weighted by Gasteiger charge is 2.34. The molecule has 1 fully saturated rings. The Hall–Kier alpha value is -2.20. The van der Waals surface area contributed by atoms with Crippen LogP contribution in [0.3, 0.4) is 0 Å². The summed E-state index contributed by atoms with van der Waals surface area (Å²) in [5.74, 6) is -2.41. The van der Waals surface area contributed by atoms with Gasteiger partial charge in [-0.05, 0) is 19.5 Å². The molecule has 1 aliphatic heterocycles. The number of carbonyl (C=O) groups is 1. The number of likely N-dealkylation sites (tertiary alicyclic amines) is 1. The number of nitrogens with zero attached hydrogens (tertiary/aromatic N) is 3. The highest BCUT2D eigenvalue weighted by atomic mass is 19.1. The molecule has 0 aliphatic carbocycles. The van der Waals surface area contributed by atoms with Crippen LogP contribution in [0.15, 0.2) is 12.3 Å². The smallest absolute Gasteiger partial charge is 0.257 e. The van der Waals surface area contributed by atoms with Crippen LogP contribution < -0.4 is 5.32 Å². The number of amides is 1. The standard InChI is InChI=1S/C12H13FN4O2.C2H6/c1-17-6-7(4-8(17)5-14)12(19)16-9-2-3-15-11(13)10(9)18;1-2/h2-3,7-8,18H,4,6H2,1H3,(H,15,16,19);1-2H3. The normalized spacial score (nSPS) is 21.1. The van der Waals surface area contributed by atoms with Crippen LogP contribution in [-0.4, -0.2) is 40.5 Å². The molecule has 0 radical (unpaired) electrons. The van der Waals surface area contributed by atoms with E-state index in [2.05, 4.69) is 16.4 Å². The second kappa shape index (κ2) is 7.55. The van der Waals surface area contributed by atoms with Crippen molar-refractivity contribution < 1.29 is 14.3 Å². The van der Waals surface area contributed by atoms with Crippen molar-refractivity contribution in [3.05, 3.63) is 18.2 Å². The largest absolute Gasteiger partial charge is 0.502 e. The fourth-order valence-electron chi connectivity index (χ4n) is 2.10. The maximum Gasteiger partial charge on any atom is 0.257 e. The molecule has 1 amide bonds. The maximum atomic E-state index is 13.0. The summed E-state index contributed by atoms with van der Waals surface area (Å²) >= 11 is 0. The summed E-state index contributed by atoms with van der Waals surface area (Å²) < 4.78 is 13.0. The van der Waals surface area contributed by atoms with E-state index in [4.69, 9.17) is 5.26 Å². The first-order valence-electron chi connectivity index (χ1n) is 6.77. The second-order valence-corrected chi connectivity index (χ2v) is 4.50. The highest BCUT2D eigenvalue weighted by Crippen LogP contribution is 2.27. The molecule has 7 heteroatoms. The third-order valence-electron chi connectivity index (χ3n) is 3.21. The van der Waals surface area contributed by atoms with Gasteiger partial charge >= 0.3 is 0 Å². The van der Waals surface area contributed by atoms with Crippen LogP contribution in [0.1, 0.15) is 20.3 Å². The van der Waals surface area contributed by atoms with Gasteiger partial charge in [0.2, 0.25) is 5.91 Å². The zero-order valence-electron chi connectivity index (χ0n) is 12.3. The first-order chi connectivity index (χ1) is 10.0. The molecule has 0 bridgehead atoms. The lowest BCUT2D eigenvalue weighted by molar-refractivity contribution is -0.119. The van der Waals surface area contributed by atoms with E-state index in [-0.39, 0.29) is 23.6 Å². The number of halogens is 1. The summed E-state index contributed by atoms with van der Waals surface area (Å²) in [7, 11) is 1.77. The van der Waals surface area contributed by atoms with Crippen LogP contribution in [0.4, 0.5) is 10.1 Å². The number of nitriles is 1. The van der Waals surface area contributed by atoms with Crippen LogP contribution in [0.2, 0.25) is 0 Å². The van der Waals surface area contributed by atoms with Gasteiger partial charge in [0.15, 0.2) is 5.75 Å². The van der Waals surface area contributed by atoms with Gasteiger partial charge in [-0.1, -0.05) is 13.8 Å². The molecule has 1 aliphatic rings. The van der Waals surface area contributed by atoms with E-state index in [1.807, 2.05) is 13.8 Å². The zero-order chi connectivity index (χ0) is 16.0. The topological polar surface area (TPSA) is 89.2 Å². The molecule has 2 rings (SSSR count). The molecule has 2 unspecified atom stereocenters. The van der Waals surface area contributed by atoms with Gasteiger partial charge in [-0.3, -0.25) is 9.69 Å². The number of rotatable bonds is 2. The van der Waals surface area contributed by atoms with Crippen molar-refractivity contribution in [2.75, 3.05) is 18.9 Å². The van der Waals surface area contributed by atoms with E-state index >= 15 is 0 Å². The summed E-state index contributed by atoms with van der Waals surface area (Å²) in [6, 6.07) is 3.13. The quantitative estimate of drug-likeness (QED) is 0.811. The van der Waals surface area contributed by atoms with Gasteiger partial charge in [0, 0.05) is 12.7 Å². The van der Waals surface area contributed by atoms with E-state index in [9.17, 15) is 14.3 Å². The van der Waals surface area contributed by atoms with Gasteiger partial charge in [0.1, 0.15) is 0 Å². The molecular weight excluding hydrogens is 275 g/mol. The molecular formula is C14H19FN4O2. The van der Waals surface area contributed by atoms with Gasteiger partial charge in [0.05, 0.1) is 23.7 Å². The summed E-state index contributed by atoms with van der Waals surface area (Å²) in [5.41, 5.74) is -0.0134. The average Bonchev–Trinajstić information content (AvgIpc) is 2.87. The van der Waals surface area contributed by atoms with Crippen LogP contribution in [0.5, 0.6) is 5.75 Å². The molecule has 2 atom stereocenters. The predicted octanol–water partition coefficient (Wildman–Crippen LogP) is 1.73. The number of hydrogen-bond acceptors (Lipinski definition) is 5. The maximum absolute atomic E-state index is 13.0. The van der Waals surface area contributed by atoms with Crippen molar-refractivity contribution in [1.29, 1.82) is 5.26 Å².